The molecule has 0 atom stereocenters. The molecule has 0 aliphatic carbocycles. The van der Waals surface area contributed by atoms with E-state index in [9.17, 15) is 21.6 Å². The van der Waals surface area contributed by atoms with Crippen LogP contribution in [0.3, 0.4) is 0 Å². The molecule has 0 aliphatic rings. The van der Waals surface area contributed by atoms with Crippen molar-refractivity contribution in [3.63, 3.8) is 0 Å². The van der Waals surface area contributed by atoms with Crippen molar-refractivity contribution in [2.24, 2.45) is 0 Å². The van der Waals surface area contributed by atoms with E-state index in [-0.39, 0.29) is 31.8 Å². The van der Waals surface area contributed by atoms with E-state index in [0.717, 1.165) is 18.3 Å². The Hall–Kier alpha value is -3.19. The Labute approximate surface area is 159 Å². The number of pyridine rings is 1. The van der Waals surface area contributed by atoms with Gasteiger partial charge in [-0.15, -0.1) is 0 Å². The fraction of sp³-hybridized carbons (Fsp3) is 0. The number of aromatic nitrogens is 1. The largest absolute Gasteiger partial charge is 0.252 e. The van der Waals surface area contributed by atoms with E-state index in [0.29, 0.717) is 0 Å². The molecule has 0 unspecified atom stereocenters. The van der Waals surface area contributed by atoms with Gasteiger partial charge in [0, 0.05) is 22.7 Å². The van der Waals surface area contributed by atoms with E-state index in [4.69, 9.17) is 0 Å². The van der Waals surface area contributed by atoms with Crippen LogP contribution in [-0.2, 0) is 9.84 Å². The Bertz CT molecular complexity index is 1320. The molecule has 0 N–H and O–H groups in total. The minimum atomic E-state index is -4.25. The van der Waals surface area contributed by atoms with E-state index in [1.165, 1.54) is 48.5 Å². The topological polar surface area (TPSA) is 47.0 Å². The van der Waals surface area contributed by atoms with Gasteiger partial charge in [0.1, 0.15) is 23.0 Å². The Morgan fingerprint density at radius 2 is 1.50 bits per heavy atom. The van der Waals surface area contributed by atoms with Gasteiger partial charge >= 0.3 is 0 Å². The van der Waals surface area contributed by atoms with E-state index in [1.807, 2.05) is 0 Å². The average molecular weight is 399 g/mol. The number of rotatable bonds is 3. The number of hydrogen-bond donors (Lipinski definition) is 0. The average Bonchev–Trinajstić information content (AvgIpc) is 2.68. The fourth-order valence-corrected chi connectivity index (χ4v) is 4.53. The zero-order chi connectivity index (χ0) is 19.9. The number of nitrogens with zero attached hydrogens (tertiary/aromatic N) is 1. The minimum Gasteiger partial charge on any atom is -0.252 e. The van der Waals surface area contributed by atoms with Crippen LogP contribution in [-0.4, -0.2) is 13.4 Å². The van der Waals surface area contributed by atoms with Crippen LogP contribution in [0, 0.1) is 17.5 Å². The summed E-state index contributed by atoms with van der Waals surface area (Å²) in [4.78, 5) is 3.31. The minimum absolute atomic E-state index is 0.0181. The number of para-hydroxylation sites is 1. The molecule has 4 rings (SSSR count). The van der Waals surface area contributed by atoms with Gasteiger partial charge in [-0.2, -0.15) is 0 Å². The number of hydrogen-bond acceptors (Lipinski definition) is 3. The molecule has 0 aliphatic heterocycles. The first-order valence-corrected chi connectivity index (χ1v) is 9.70. The lowest BCUT2D eigenvalue weighted by atomic mass is 10.0. The molecule has 3 aromatic carbocycles. The molecule has 0 amide bonds. The molecule has 0 radical (unpaired) electrons. The van der Waals surface area contributed by atoms with E-state index >= 15 is 0 Å². The lowest BCUT2D eigenvalue weighted by Crippen LogP contribution is -2.07. The van der Waals surface area contributed by atoms with E-state index in [2.05, 4.69) is 4.98 Å². The van der Waals surface area contributed by atoms with Crippen LogP contribution in [0.5, 0.6) is 0 Å². The monoisotopic (exact) mass is 399 g/mol. The van der Waals surface area contributed by atoms with Crippen LogP contribution in [0.2, 0.25) is 0 Å². The van der Waals surface area contributed by atoms with Crippen molar-refractivity contribution in [3.05, 3.63) is 90.4 Å². The highest BCUT2D eigenvalue weighted by atomic mass is 32.2. The van der Waals surface area contributed by atoms with E-state index in [1.54, 1.807) is 6.07 Å². The van der Waals surface area contributed by atoms with Crippen LogP contribution >= 0.6 is 0 Å². The number of benzene rings is 3. The Balaban J connectivity index is 2.13. The van der Waals surface area contributed by atoms with Crippen LogP contribution in [0.4, 0.5) is 13.2 Å². The molecule has 4 aromatic rings. The molecule has 0 saturated carbocycles. The highest BCUT2D eigenvalue weighted by molar-refractivity contribution is 7.91. The predicted octanol–water partition coefficient (Wildman–Crippen LogP) is 5.15. The standard InChI is InChI=1S/C21H12F3NO2S/c22-13-5-3-6-14(11-13)28(26,27)19-12-25-21-16(8-4-10-18(21)24)20(19)15-7-1-2-9-17(15)23/h1-12H. The van der Waals surface area contributed by atoms with Gasteiger partial charge in [-0.1, -0.05) is 36.4 Å². The van der Waals surface area contributed by atoms with Crippen molar-refractivity contribution in [3.8, 4) is 11.1 Å². The van der Waals surface area contributed by atoms with Gasteiger partial charge in [0.05, 0.1) is 9.79 Å². The summed E-state index contributed by atoms with van der Waals surface area (Å²) in [6.45, 7) is 0. The van der Waals surface area contributed by atoms with Crippen molar-refractivity contribution < 1.29 is 21.6 Å². The number of halogens is 3. The second kappa shape index (κ2) is 6.76. The third-order valence-electron chi connectivity index (χ3n) is 4.35. The normalized spacial score (nSPS) is 11.7. The van der Waals surface area contributed by atoms with Crippen molar-refractivity contribution in [2.45, 2.75) is 9.79 Å². The number of sulfone groups is 1. The molecule has 0 bridgehead atoms. The highest BCUT2D eigenvalue weighted by Gasteiger charge is 2.26. The SMILES string of the molecule is O=S(=O)(c1cccc(F)c1)c1cnc2c(F)cccc2c1-c1ccccc1F. The summed E-state index contributed by atoms with van der Waals surface area (Å²) in [5, 5.41) is 0.141. The van der Waals surface area contributed by atoms with Gasteiger partial charge in [0.15, 0.2) is 0 Å². The summed E-state index contributed by atoms with van der Waals surface area (Å²) in [5.74, 6) is -2.06. The second-order valence-corrected chi connectivity index (χ2v) is 7.99. The number of fused-ring (bicyclic) bond motifs is 1. The van der Waals surface area contributed by atoms with Crippen molar-refractivity contribution in [1.82, 2.24) is 4.98 Å². The highest BCUT2D eigenvalue weighted by Crippen LogP contribution is 2.38. The first kappa shape index (κ1) is 18.2. The first-order chi connectivity index (χ1) is 13.4. The molecule has 1 heterocycles. The maximum absolute atomic E-state index is 14.6. The molecule has 3 nitrogen and oxygen atoms in total. The predicted molar refractivity (Wildman–Crippen MR) is 98.9 cm³/mol. The zero-order valence-electron chi connectivity index (χ0n) is 14.2. The Kier molecular flexibility index (Phi) is 4.39. The van der Waals surface area contributed by atoms with Gasteiger partial charge < -0.3 is 0 Å². The molecular formula is C21H12F3NO2S. The lowest BCUT2D eigenvalue weighted by molar-refractivity contribution is 0.590. The summed E-state index contributed by atoms with van der Waals surface area (Å²) >= 11 is 0. The van der Waals surface area contributed by atoms with Crippen LogP contribution < -0.4 is 0 Å². The summed E-state index contributed by atoms with van der Waals surface area (Å²) in [6, 6.07) is 14.1. The molecule has 0 saturated heterocycles. The zero-order valence-corrected chi connectivity index (χ0v) is 15.1. The molecule has 7 heteroatoms. The molecular weight excluding hydrogens is 387 g/mol. The summed E-state index contributed by atoms with van der Waals surface area (Å²) in [5.41, 5.74) is -0.124. The molecule has 0 fully saturated rings. The summed E-state index contributed by atoms with van der Waals surface area (Å²) in [6.07, 6.45) is 0.980. The quantitative estimate of drug-likeness (QED) is 0.479. The maximum Gasteiger partial charge on any atom is 0.208 e. The van der Waals surface area contributed by atoms with Crippen molar-refractivity contribution in [2.75, 3.05) is 0 Å². The Morgan fingerprint density at radius 1 is 0.786 bits per heavy atom. The first-order valence-electron chi connectivity index (χ1n) is 8.22. The third-order valence-corrected chi connectivity index (χ3v) is 6.12. The lowest BCUT2D eigenvalue weighted by Gasteiger charge is -2.14. The van der Waals surface area contributed by atoms with Crippen molar-refractivity contribution in [1.29, 1.82) is 0 Å². The van der Waals surface area contributed by atoms with Crippen LogP contribution in [0.15, 0.2) is 82.7 Å². The fourth-order valence-electron chi connectivity index (χ4n) is 3.08. The molecule has 140 valence electrons. The van der Waals surface area contributed by atoms with Gasteiger partial charge in [-0.3, -0.25) is 4.98 Å². The smallest absolute Gasteiger partial charge is 0.208 e. The summed E-state index contributed by atoms with van der Waals surface area (Å²) in [7, 11) is -4.25. The van der Waals surface area contributed by atoms with Gasteiger partial charge in [-0.25, -0.2) is 21.6 Å². The Morgan fingerprint density at radius 3 is 2.25 bits per heavy atom. The maximum atomic E-state index is 14.6. The third kappa shape index (κ3) is 2.93. The molecule has 28 heavy (non-hydrogen) atoms. The summed E-state index contributed by atoms with van der Waals surface area (Å²) < 4.78 is 68.8. The van der Waals surface area contributed by atoms with Gasteiger partial charge in [0.25, 0.3) is 0 Å². The van der Waals surface area contributed by atoms with Crippen LogP contribution in [0.1, 0.15) is 0 Å². The second-order valence-electron chi connectivity index (χ2n) is 6.07. The molecule has 1 aromatic heterocycles. The molecule has 0 spiro atoms. The van der Waals surface area contributed by atoms with Gasteiger partial charge in [-0.05, 0) is 30.3 Å². The van der Waals surface area contributed by atoms with Crippen molar-refractivity contribution >= 4 is 20.7 Å². The van der Waals surface area contributed by atoms with Gasteiger partial charge in [0.2, 0.25) is 9.84 Å². The van der Waals surface area contributed by atoms with E-state index < -0.39 is 27.3 Å². The van der Waals surface area contributed by atoms with Crippen LogP contribution in [0.25, 0.3) is 22.0 Å².